The van der Waals surface area contributed by atoms with E-state index in [4.69, 9.17) is 15.9 Å². The van der Waals surface area contributed by atoms with Gasteiger partial charge in [0.15, 0.2) is 0 Å². The molecule has 0 saturated heterocycles. The van der Waals surface area contributed by atoms with Crippen LogP contribution in [0.5, 0.6) is 11.5 Å². The van der Waals surface area contributed by atoms with Gasteiger partial charge in [-0.15, -0.1) is 0 Å². The molecule has 0 heterocycles. The van der Waals surface area contributed by atoms with E-state index in [1.807, 2.05) is 0 Å². The molecule has 0 aliphatic rings. The minimum atomic E-state index is -0.718. The molecule has 1 rings (SSSR count). The minimum absolute atomic E-state index is 0.207. The van der Waals surface area contributed by atoms with E-state index in [-0.39, 0.29) is 5.69 Å². The second-order valence-electron chi connectivity index (χ2n) is 1.86. The van der Waals surface area contributed by atoms with E-state index >= 15 is 0 Å². The highest BCUT2D eigenvalue weighted by atomic mass is 19.1. The van der Waals surface area contributed by atoms with Crippen molar-refractivity contribution in [3.8, 4) is 11.5 Å². The van der Waals surface area contributed by atoms with Crippen LogP contribution < -0.4 is 5.73 Å². The Hall–Kier alpha value is -1.45. The largest absolute Gasteiger partial charge is 0.506 e. The van der Waals surface area contributed by atoms with E-state index in [0.29, 0.717) is 0 Å². The van der Waals surface area contributed by atoms with E-state index in [1.54, 1.807) is 0 Å². The van der Waals surface area contributed by atoms with Crippen LogP contribution in [-0.4, -0.2) is 10.2 Å². The van der Waals surface area contributed by atoms with Crippen molar-refractivity contribution in [3.63, 3.8) is 0 Å². The van der Waals surface area contributed by atoms with E-state index in [2.05, 4.69) is 0 Å². The van der Waals surface area contributed by atoms with Crippen LogP contribution in [0.1, 0.15) is 0 Å². The third kappa shape index (κ3) is 0.953. The third-order valence-electron chi connectivity index (χ3n) is 1.10. The second-order valence-corrected chi connectivity index (χ2v) is 1.86. The van der Waals surface area contributed by atoms with Gasteiger partial charge >= 0.3 is 0 Å². The van der Waals surface area contributed by atoms with Crippen molar-refractivity contribution in [1.29, 1.82) is 0 Å². The summed E-state index contributed by atoms with van der Waals surface area (Å²) in [4.78, 5) is 0. The summed E-state index contributed by atoms with van der Waals surface area (Å²) < 4.78 is 12.2. The van der Waals surface area contributed by atoms with Crippen LogP contribution in [0.15, 0.2) is 12.1 Å². The first-order chi connectivity index (χ1) is 4.61. The van der Waals surface area contributed by atoms with Crippen LogP contribution in [0.2, 0.25) is 0 Å². The Labute approximate surface area is 56.5 Å². The lowest BCUT2D eigenvalue weighted by Crippen LogP contribution is -1.87. The second kappa shape index (κ2) is 2.06. The third-order valence-corrected chi connectivity index (χ3v) is 1.10. The topological polar surface area (TPSA) is 66.5 Å². The molecule has 4 N–H and O–H groups in total. The van der Waals surface area contributed by atoms with Gasteiger partial charge in [0.25, 0.3) is 0 Å². The first-order valence-corrected chi connectivity index (χ1v) is 2.58. The number of nitrogen functional groups attached to an aromatic ring is 1. The normalized spacial score (nSPS) is 9.70. The monoisotopic (exact) mass is 143 g/mol. The van der Waals surface area contributed by atoms with Crippen LogP contribution in [0.25, 0.3) is 0 Å². The first-order valence-electron chi connectivity index (χ1n) is 2.58. The molecule has 10 heavy (non-hydrogen) atoms. The number of hydrogen-bond donors (Lipinski definition) is 3. The maximum atomic E-state index is 12.2. The summed E-state index contributed by atoms with van der Waals surface area (Å²) in [6.45, 7) is 0. The van der Waals surface area contributed by atoms with Gasteiger partial charge < -0.3 is 15.9 Å². The van der Waals surface area contributed by atoms with Crippen molar-refractivity contribution in [3.05, 3.63) is 17.9 Å². The molecule has 0 unspecified atom stereocenters. The van der Waals surface area contributed by atoms with Gasteiger partial charge in [0.2, 0.25) is 0 Å². The molecule has 0 bridgehead atoms. The number of phenols is 2. The Morgan fingerprint density at radius 2 is 1.60 bits per heavy atom. The van der Waals surface area contributed by atoms with E-state index in [1.165, 1.54) is 0 Å². The summed E-state index contributed by atoms with van der Waals surface area (Å²) in [5.41, 5.74) is 4.88. The molecule has 3 nitrogen and oxygen atoms in total. The molecule has 4 heteroatoms. The number of aromatic hydroxyl groups is 2. The first kappa shape index (κ1) is 6.67. The summed E-state index contributed by atoms with van der Waals surface area (Å²) in [7, 11) is 0. The highest BCUT2D eigenvalue weighted by molar-refractivity contribution is 5.61. The van der Waals surface area contributed by atoms with E-state index in [9.17, 15) is 4.39 Å². The number of nitrogens with two attached hydrogens (primary N) is 1. The molecule has 0 aliphatic heterocycles. The van der Waals surface area contributed by atoms with Gasteiger partial charge in [0.1, 0.15) is 23.0 Å². The Morgan fingerprint density at radius 1 is 1.20 bits per heavy atom. The van der Waals surface area contributed by atoms with Gasteiger partial charge in [-0.3, -0.25) is 0 Å². The van der Waals surface area contributed by atoms with Gasteiger partial charge in [0, 0.05) is 12.1 Å². The lowest BCUT2D eigenvalue weighted by molar-refractivity contribution is 0.446. The van der Waals surface area contributed by atoms with Crippen molar-refractivity contribution >= 4 is 5.69 Å². The smallest absolute Gasteiger partial charge is 0.145 e. The standard InChI is InChI=1S/C6H6FNO2/c7-3-1-4(9)6(8)5(10)2-3/h1-2,9-10H,8H2. The quantitative estimate of drug-likeness (QED) is 0.372. The van der Waals surface area contributed by atoms with Gasteiger partial charge in [-0.1, -0.05) is 0 Å². The van der Waals surface area contributed by atoms with Gasteiger partial charge in [-0.25, -0.2) is 4.39 Å². The van der Waals surface area contributed by atoms with Crippen LogP contribution in [0.4, 0.5) is 10.1 Å². The molecule has 1 aromatic carbocycles. The van der Waals surface area contributed by atoms with E-state index in [0.717, 1.165) is 12.1 Å². The average molecular weight is 143 g/mol. The summed E-state index contributed by atoms with van der Waals surface area (Å²) in [5, 5.41) is 17.5. The molecular weight excluding hydrogens is 137 g/mol. The molecule has 0 saturated carbocycles. The Balaban J connectivity index is 3.31. The molecule has 0 radical (unpaired) electrons. The predicted octanol–water partition coefficient (Wildman–Crippen LogP) is 0.819. The Bertz CT molecular complexity index is 239. The zero-order chi connectivity index (χ0) is 7.72. The molecule has 54 valence electrons. The van der Waals surface area contributed by atoms with Crippen LogP contribution in [0.3, 0.4) is 0 Å². The van der Waals surface area contributed by atoms with Gasteiger partial charge in [-0.05, 0) is 0 Å². The number of halogens is 1. The number of phenolic OH excluding ortho intramolecular Hbond substituents is 2. The van der Waals surface area contributed by atoms with Crippen LogP contribution >= 0.6 is 0 Å². The lowest BCUT2D eigenvalue weighted by atomic mass is 10.2. The van der Waals surface area contributed by atoms with Crippen molar-refractivity contribution in [2.24, 2.45) is 0 Å². The Kier molecular flexibility index (Phi) is 1.37. The predicted molar refractivity (Wildman–Crippen MR) is 34.1 cm³/mol. The zero-order valence-corrected chi connectivity index (χ0v) is 5.00. The van der Waals surface area contributed by atoms with Crippen LogP contribution in [-0.2, 0) is 0 Å². The minimum Gasteiger partial charge on any atom is -0.506 e. The highest BCUT2D eigenvalue weighted by Crippen LogP contribution is 2.30. The summed E-state index contributed by atoms with van der Waals surface area (Å²) >= 11 is 0. The van der Waals surface area contributed by atoms with Gasteiger partial charge in [0.05, 0.1) is 0 Å². The molecule has 0 aliphatic carbocycles. The summed E-state index contributed by atoms with van der Waals surface area (Å²) in [6, 6.07) is 1.66. The van der Waals surface area contributed by atoms with Crippen molar-refractivity contribution in [1.82, 2.24) is 0 Å². The van der Waals surface area contributed by atoms with E-state index < -0.39 is 17.3 Å². The lowest BCUT2D eigenvalue weighted by Gasteiger charge is -1.99. The molecule has 0 amide bonds. The molecular formula is C6H6FNO2. The summed E-state index contributed by atoms with van der Waals surface area (Å²) in [6.07, 6.45) is 0. The number of rotatable bonds is 0. The fraction of sp³-hybridized carbons (Fsp3) is 0. The molecule has 0 fully saturated rings. The fourth-order valence-corrected chi connectivity index (χ4v) is 0.590. The fourth-order valence-electron chi connectivity index (χ4n) is 0.590. The van der Waals surface area contributed by atoms with Crippen LogP contribution in [0, 0.1) is 5.82 Å². The number of hydrogen-bond acceptors (Lipinski definition) is 3. The summed E-state index contributed by atoms with van der Waals surface area (Å²) in [5.74, 6) is -1.61. The molecule has 0 atom stereocenters. The maximum absolute atomic E-state index is 12.2. The molecule has 1 aromatic rings. The van der Waals surface area contributed by atoms with Crippen molar-refractivity contribution in [2.75, 3.05) is 5.73 Å². The van der Waals surface area contributed by atoms with Crippen molar-refractivity contribution in [2.45, 2.75) is 0 Å². The molecule has 0 aromatic heterocycles. The average Bonchev–Trinajstić information content (AvgIpc) is 1.82. The number of anilines is 1. The number of benzene rings is 1. The maximum Gasteiger partial charge on any atom is 0.145 e. The Morgan fingerprint density at radius 3 is 2.00 bits per heavy atom. The highest BCUT2D eigenvalue weighted by Gasteiger charge is 2.04. The SMILES string of the molecule is Nc1c(O)cc(F)cc1O. The van der Waals surface area contributed by atoms with Gasteiger partial charge in [-0.2, -0.15) is 0 Å². The van der Waals surface area contributed by atoms with Crippen molar-refractivity contribution < 1.29 is 14.6 Å². The molecule has 0 spiro atoms. The zero-order valence-electron chi connectivity index (χ0n) is 5.00.